The lowest BCUT2D eigenvalue weighted by atomic mass is 10.1. The largest absolute Gasteiger partial charge is 0.314 e. The van der Waals surface area contributed by atoms with Crippen molar-refractivity contribution in [1.29, 1.82) is 0 Å². The Morgan fingerprint density at radius 1 is 1.14 bits per heavy atom. The monoisotopic (exact) mass is 310 g/mol. The van der Waals surface area contributed by atoms with Crippen molar-refractivity contribution < 1.29 is 8.42 Å². The highest BCUT2D eigenvalue weighted by Crippen LogP contribution is 2.18. The second-order valence-electron chi connectivity index (χ2n) is 5.83. The molecule has 4 nitrogen and oxygen atoms in total. The average molecular weight is 310 g/mol. The van der Waals surface area contributed by atoms with E-state index in [0.29, 0.717) is 12.6 Å². The summed E-state index contributed by atoms with van der Waals surface area (Å²) in [6.07, 6.45) is 4.95. The minimum atomic E-state index is -3.13. The van der Waals surface area contributed by atoms with Crippen molar-refractivity contribution in [2.24, 2.45) is 0 Å². The maximum absolute atomic E-state index is 11.9. The number of rotatable bonds is 10. The Morgan fingerprint density at radius 3 is 2.62 bits per heavy atom. The predicted molar refractivity (Wildman–Crippen MR) is 86.9 cm³/mol. The van der Waals surface area contributed by atoms with Gasteiger partial charge in [-0.3, -0.25) is 0 Å². The van der Waals surface area contributed by atoms with Gasteiger partial charge in [-0.25, -0.2) is 13.1 Å². The van der Waals surface area contributed by atoms with Crippen LogP contribution in [0.3, 0.4) is 0 Å². The van der Waals surface area contributed by atoms with Gasteiger partial charge in [0.05, 0.1) is 5.75 Å². The molecular formula is C16H26N2O2S. The molecule has 1 aliphatic rings. The van der Waals surface area contributed by atoms with Crippen molar-refractivity contribution >= 4 is 10.0 Å². The highest BCUT2D eigenvalue weighted by molar-refractivity contribution is 7.89. The molecule has 1 aliphatic carbocycles. The van der Waals surface area contributed by atoms with E-state index in [2.05, 4.69) is 23.0 Å². The first-order chi connectivity index (χ1) is 10.1. The summed E-state index contributed by atoms with van der Waals surface area (Å²) in [7, 11) is -3.13. The summed E-state index contributed by atoms with van der Waals surface area (Å²) >= 11 is 0. The summed E-state index contributed by atoms with van der Waals surface area (Å²) in [4.78, 5) is 0. The molecule has 0 aliphatic heterocycles. The third kappa shape index (κ3) is 6.59. The second kappa shape index (κ2) is 7.92. The number of hydrogen-bond donors (Lipinski definition) is 2. The molecule has 1 saturated carbocycles. The topological polar surface area (TPSA) is 58.2 Å². The summed E-state index contributed by atoms with van der Waals surface area (Å²) in [5.74, 6) is 0.229. The molecule has 118 valence electrons. The predicted octanol–water partition coefficient (Wildman–Crippen LogP) is 1.99. The van der Waals surface area contributed by atoms with E-state index in [1.165, 1.54) is 24.0 Å². The zero-order valence-corrected chi connectivity index (χ0v) is 13.6. The van der Waals surface area contributed by atoms with Gasteiger partial charge in [0.2, 0.25) is 10.0 Å². The van der Waals surface area contributed by atoms with E-state index in [1.54, 1.807) is 0 Å². The zero-order chi connectivity index (χ0) is 15.1. The molecule has 0 spiro atoms. The van der Waals surface area contributed by atoms with Gasteiger partial charge in [-0.15, -0.1) is 0 Å². The summed E-state index contributed by atoms with van der Waals surface area (Å²) in [6, 6.07) is 8.79. The fourth-order valence-electron chi connectivity index (χ4n) is 2.31. The Balaban J connectivity index is 1.60. The number of unbranched alkanes of at least 4 members (excludes halogenated alkanes) is 1. The lowest BCUT2D eigenvalue weighted by Crippen LogP contribution is -2.29. The van der Waals surface area contributed by atoms with Crippen LogP contribution in [-0.2, 0) is 16.4 Å². The van der Waals surface area contributed by atoms with Crippen molar-refractivity contribution in [1.82, 2.24) is 10.0 Å². The van der Waals surface area contributed by atoms with Crippen LogP contribution in [0.25, 0.3) is 0 Å². The number of sulfonamides is 1. The molecule has 0 bridgehead atoms. The van der Waals surface area contributed by atoms with Crippen LogP contribution in [0.1, 0.15) is 36.8 Å². The highest BCUT2D eigenvalue weighted by atomic mass is 32.2. The molecule has 0 radical (unpaired) electrons. The van der Waals surface area contributed by atoms with Gasteiger partial charge in [0.15, 0.2) is 0 Å². The third-order valence-corrected chi connectivity index (χ3v) is 5.30. The molecule has 0 amide bonds. The molecule has 0 unspecified atom stereocenters. The maximum Gasteiger partial charge on any atom is 0.211 e. The SMILES string of the molecule is Cc1ccccc1CCNS(=O)(=O)CCCCNC1CC1. The number of nitrogens with one attached hydrogen (secondary N) is 2. The van der Waals surface area contributed by atoms with Gasteiger partial charge >= 0.3 is 0 Å². The average Bonchev–Trinajstić information content (AvgIpc) is 3.24. The minimum Gasteiger partial charge on any atom is -0.314 e. The van der Waals surface area contributed by atoms with Gasteiger partial charge < -0.3 is 5.32 Å². The normalized spacial score (nSPS) is 15.3. The first-order valence-corrected chi connectivity index (χ1v) is 9.47. The first kappa shape index (κ1) is 16.5. The van der Waals surface area contributed by atoms with Crippen molar-refractivity contribution in [2.75, 3.05) is 18.8 Å². The van der Waals surface area contributed by atoms with Gasteiger partial charge in [-0.05, 0) is 56.7 Å². The van der Waals surface area contributed by atoms with E-state index >= 15 is 0 Å². The molecule has 0 atom stereocenters. The van der Waals surface area contributed by atoms with Gasteiger partial charge in [0, 0.05) is 12.6 Å². The fourth-order valence-corrected chi connectivity index (χ4v) is 3.46. The molecular weight excluding hydrogens is 284 g/mol. The van der Waals surface area contributed by atoms with Crippen LogP contribution in [-0.4, -0.2) is 33.3 Å². The Morgan fingerprint density at radius 2 is 1.90 bits per heavy atom. The Hall–Kier alpha value is -0.910. The molecule has 2 N–H and O–H groups in total. The summed E-state index contributed by atoms with van der Waals surface area (Å²) in [5, 5.41) is 3.40. The number of benzene rings is 1. The molecule has 0 saturated heterocycles. The van der Waals surface area contributed by atoms with Crippen LogP contribution >= 0.6 is 0 Å². The van der Waals surface area contributed by atoms with E-state index in [4.69, 9.17) is 0 Å². The van der Waals surface area contributed by atoms with Crippen LogP contribution in [0.2, 0.25) is 0 Å². The van der Waals surface area contributed by atoms with Gasteiger partial charge in [-0.2, -0.15) is 0 Å². The quantitative estimate of drug-likeness (QED) is 0.650. The van der Waals surface area contributed by atoms with E-state index in [0.717, 1.165) is 25.8 Å². The van der Waals surface area contributed by atoms with Crippen molar-refractivity contribution in [3.05, 3.63) is 35.4 Å². The first-order valence-electron chi connectivity index (χ1n) is 7.82. The van der Waals surface area contributed by atoms with E-state index in [-0.39, 0.29) is 5.75 Å². The Kier molecular flexibility index (Phi) is 6.21. The molecule has 1 aromatic rings. The maximum atomic E-state index is 11.9. The van der Waals surface area contributed by atoms with Crippen molar-refractivity contribution in [2.45, 2.75) is 45.1 Å². The second-order valence-corrected chi connectivity index (χ2v) is 7.75. The molecule has 5 heteroatoms. The van der Waals surface area contributed by atoms with Crippen LogP contribution in [0.4, 0.5) is 0 Å². The van der Waals surface area contributed by atoms with Gasteiger partial charge in [0.25, 0.3) is 0 Å². The summed E-state index contributed by atoms with van der Waals surface area (Å²) in [6.45, 7) is 3.47. The van der Waals surface area contributed by atoms with Crippen LogP contribution in [0.15, 0.2) is 24.3 Å². The third-order valence-electron chi connectivity index (χ3n) is 3.83. The van der Waals surface area contributed by atoms with E-state index in [9.17, 15) is 8.42 Å². The van der Waals surface area contributed by atoms with Crippen LogP contribution < -0.4 is 10.0 Å². The molecule has 1 fully saturated rings. The van der Waals surface area contributed by atoms with Gasteiger partial charge in [0.1, 0.15) is 0 Å². The van der Waals surface area contributed by atoms with E-state index in [1.807, 2.05) is 18.2 Å². The number of hydrogen-bond acceptors (Lipinski definition) is 3. The molecule has 2 rings (SSSR count). The standard InChI is InChI=1S/C16H26N2O2S/c1-14-6-2-3-7-15(14)10-12-18-21(19,20)13-5-4-11-17-16-8-9-16/h2-3,6-7,16-18H,4-5,8-13H2,1H3. The Labute approximate surface area is 128 Å². The zero-order valence-electron chi connectivity index (χ0n) is 12.8. The smallest absolute Gasteiger partial charge is 0.211 e. The highest BCUT2D eigenvalue weighted by Gasteiger charge is 2.19. The lowest BCUT2D eigenvalue weighted by Gasteiger charge is -2.08. The minimum absolute atomic E-state index is 0.229. The molecule has 0 heterocycles. The van der Waals surface area contributed by atoms with Crippen LogP contribution in [0.5, 0.6) is 0 Å². The molecule has 0 aromatic heterocycles. The lowest BCUT2D eigenvalue weighted by molar-refractivity contribution is 0.573. The van der Waals surface area contributed by atoms with Crippen LogP contribution in [0, 0.1) is 6.92 Å². The van der Waals surface area contributed by atoms with Crippen molar-refractivity contribution in [3.8, 4) is 0 Å². The van der Waals surface area contributed by atoms with E-state index < -0.39 is 10.0 Å². The van der Waals surface area contributed by atoms with Gasteiger partial charge in [-0.1, -0.05) is 24.3 Å². The molecule has 1 aromatic carbocycles. The van der Waals surface area contributed by atoms with Crippen molar-refractivity contribution in [3.63, 3.8) is 0 Å². The summed E-state index contributed by atoms with van der Waals surface area (Å²) < 4.78 is 26.5. The summed E-state index contributed by atoms with van der Waals surface area (Å²) in [5.41, 5.74) is 2.41. The fraction of sp³-hybridized carbons (Fsp3) is 0.625. The molecule has 21 heavy (non-hydrogen) atoms. The Bertz CT molecular complexity index is 539. The number of aryl methyl sites for hydroxylation is 1.